The van der Waals surface area contributed by atoms with Gasteiger partial charge in [0.15, 0.2) is 0 Å². The Hall–Kier alpha value is -1.69. The molecule has 0 saturated carbocycles. The third-order valence-corrected chi connectivity index (χ3v) is 2.87. The van der Waals surface area contributed by atoms with Crippen LogP contribution in [0.2, 0.25) is 0 Å². The Bertz CT molecular complexity index is 494. The van der Waals surface area contributed by atoms with Crippen molar-refractivity contribution >= 4 is 29.5 Å². The molecule has 0 heterocycles. The topological polar surface area (TPSA) is 75.6 Å². The van der Waals surface area contributed by atoms with Gasteiger partial charge in [0.25, 0.3) is 0 Å². The number of benzene rings is 1. The van der Waals surface area contributed by atoms with Gasteiger partial charge in [-0.1, -0.05) is 0 Å². The van der Waals surface area contributed by atoms with Crippen LogP contribution in [0.15, 0.2) is 23.1 Å². The molecule has 0 spiro atoms. The smallest absolute Gasteiger partial charge is 0.412 e. The molecule has 0 atom stereocenters. The van der Waals surface area contributed by atoms with Crippen LogP contribution < -0.4 is 5.32 Å². The second kappa shape index (κ2) is 5.97. The van der Waals surface area contributed by atoms with E-state index in [0.29, 0.717) is 10.6 Å². The minimum absolute atomic E-state index is 0.154. The molecular weight excluding hydrogens is 266 g/mol. The van der Waals surface area contributed by atoms with Crippen LogP contribution in [0.4, 0.5) is 10.5 Å². The summed E-state index contributed by atoms with van der Waals surface area (Å²) in [5, 5.41) is 11.6. The average molecular weight is 283 g/mol. The van der Waals surface area contributed by atoms with Crippen molar-refractivity contribution in [3.63, 3.8) is 0 Å². The molecule has 0 aliphatic carbocycles. The molecule has 5 nitrogen and oxygen atoms in total. The number of nitrogens with one attached hydrogen (secondary N) is 1. The molecule has 1 aromatic rings. The van der Waals surface area contributed by atoms with Crippen molar-refractivity contribution in [2.45, 2.75) is 31.3 Å². The number of carbonyl (C=O) groups excluding carboxylic acids is 1. The highest BCUT2D eigenvalue weighted by molar-refractivity contribution is 7.98. The van der Waals surface area contributed by atoms with Crippen LogP contribution in [0.25, 0.3) is 0 Å². The number of carbonyl (C=O) groups is 2. The normalized spacial score (nSPS) is 10.9. The van der Waals surface area contributed by atoms with Gasteiger partial charge < -0.3 is 9.84 Å². The highest BCUT2D eigenvalue weighted by Crippen LogP contribution is 2.24. The molecule has 1 amide bonds. The summed E-state index contributed by atoms with van der Waals surface area (Å²) in [4.78, 5) is 23.3. The molecule has 104 valence electrons. The van der Waals surface area contributed by atoms with Crippen LogP contribution in [0.1, 0.15) is 31.1 Å². The van der Waals surface area contributed by atoms with Gasteiger partial charge in [0.1, 0.15) is 5.60 Å². The number of rotatable bonds is 3. The number of amides is 1. The number of ether oxygens (including phenoxy) is 1. The zero-order valence-corrected chi connectivity index (χ0v) is 12.1. The van der Waals surface area contributed by atoms with Crippen LogP contribution in [0.3, 0.4) is 0 Å². The van der Waals surface area contributed by atoms with Crippen molar-refractivity contribution in [1.29, 1.82) is 0 Å². The van der Waals surface area contributed by atoms with E-state index < -0.39 is 17.7 Å². The first-order valence-electron chi connectivity index (χ1n) is 5.64. The second-order valence-corrected chi connectivity index (χ2v) is 5.70. The maximum atomic E-state index is 11.6. The molecule has 1 rings (SSSR count). The Morgan fingerprint density at radius 2 is 1.95 bits per heavy atom. The molecule has 0 aliphatic heterocycles. The summed E-state index contributed by atoms with van der Waals surface area (Å²) in [6, 6.07) is 4.71. The van der Waals surface area contributed by atoms with E-state index in [2.05, 4.69) is 5.32 Å². The first kappa shape index (κ1) is 15.4. The average Bonchev–Trinajstić information content (AvgIpc) is 2.26. The number of anilines is 1. The van der Waals surface area contributed by atoms with E-state index in [1.165, 1.54) is 17.8 Å². The van der Waals surface area contributed by atoms with E-state index >= 15 is 0 Å². The van der Waals surface area contributed by atoms with Crippen molar-refractivity contribution in [1.82, 2.24) is 0 Å². The van der Waals surface area contributed by atoms with Gasteiger partial charge in [0, 0.05) is 10.6 Å². The van der Waals surface area contributed by atoms with Gasteiger partial charge in [0.2, 0.25) is 0 Å². The van der Waals surface area contributed by atoms with Crippen LogP contribution in [-0.2, 0) is 4.74 Å². The van der Waals surface area contributed by atoms with Crippen LogP contribution in [0, 0.1) is 0 Å². The maximum absolute atomic E-state index is 11.6. The standard InChI is InChI=1S/C13H17NO4S/c1-13(2,3)18-12(17)14-8-5-6-10(19-4)9(7-8)11(15)16/h5-7H,1-4H3,(H,14,17)(H,15,16). The maximum Gasteiger partial charge on any atom is 0.412 e. The van der Waals surface area contributed by atoms with Gasteiger partial charge in [-0.15, -0.1) is 11.8 Å². The fourth-order valence-corrected chi connectivity index (χ4v) is 1.94. The molecule has 0 radical (unpaired) electrons. The monoisotopic (exact) mass is 283 g/mol. The van der Waals surface area contributed by atoms with Crippen LogP contribution in [0.5, 0.6) is 0 Å². The molecule has 2 N–H and O–H groups in total. The third kappa shape index (κ3) is 4.82. The molecule has 0 bridgehead atoms. The Kier molecular flexibility index (Phi) is 4.83. The fourth-order valence-electron chi connectivity index (χ4n) is 1.37. The minimum atomic E-state index is -1.03. The summed E-state index contributed by atoms with van der Waals surface area (Å²) in [6.45, 7) is 5.27. The van der Waals surface area contributed by atoms with Crippen molar-refractivity contribution in [2.24, 2.45) is 0 Å². The Labute approximate surface area is 116 Å². The largest absolute Gasteiger partial charge is 0.478 e. The molecule has 6 heteroatoms. The summed E-state index contributed by atoms with van der Waals surface area (Å²) in [6.07, 6.45) is 1.18. The molecule has 0 aliphatic rings. The van der Waals surface area contributed by atoms with Crippen LogP contribution in [-0.4, -0.2) is 29.0 Å². The molecular formula is C13H17NO4S. The molecule has 1 aromatic carbocycles. The number of aromatic carboxylic acids is 1. The van der Waals surface area contributed by atoms with E-state index in [9.17, 15) is 9.59 Å². The summed E-state index contributed by atoms with van der Waals surface area (Å²) >= 11 is 1.34. The zero-order valence-electron chi connectivity index (χ0n) is 11.3. The number of hydrogen-bond donors (Lipinski definition) is 2. The highest BCUT2D eigenvalue weighted by Gasteiger charge is 2.17. The predicted octanol–water partition coefficient (Wildman–Crippen LogP) is 3.45. The Balaban J connectivity index is 2.88. The minimum Gasteiger partial charge on any atom is -0.478 e. The lowest BCUT2D eigenvalue weighted by Crippen LogP contribution is -2.27. The van der Waals surface area contributed by atoms with Gasteiger partial charge in [-0.2, -0.15) is 0 Å². The Morgan fingerprint density at radius 3 is 2.42 bits per heavy atom. The summed E-state index contributed by atoms with van der Waals surface area (Å²) in [5.41, 5.74) is -0.0515. The number of hydrogen-bond acceptors (Lipinski definition) is 4. The second-order valence-electron chi connectivity index (χ2n) is 4.85. The Morgan fingerprint density at radius 1 is 1.32 bits per heavy atom. The SMILES string of the molecule is CSc1ccc(NC(=O)OC(C)(C)C)cc1C(=O)O. The van der Waals surface area contributed by atoms with Gasteiger partial charge >= 0.3 is 12.1 Å². The lowest BCUT2D eigenvalue weighted by molar-refractivity contribution is 0.0632. The van der Waals surface area contributed by atoms with Crippen molar-refractivity contribution in [2.75, 3.05) is 11.6 Å². The lowest BCUT2D eigenvalue weighted by Gasteiger charge is -2.19. The van der Waals surface area contributed by atoms with Crippen molar-refractivity contribution in [3.05, 3.63) is 23.8 Å². The molecule has 0 aromatic heterocycles. The van der Waals surface area contributed by atoms with E-state index in [-0.39, 0.29) is 5.56 Å². The van der Waals surface area contributed by atoms with E-state index in [1.807, 2.05) is 0 Å². The highest BCUT2D eigenvalue weighted by atomic mass is 32.2. The zero-order chi connectivity index (χ0) is 14.6. The third-order valence-electron chi connectivity index (χ3n) is 2.08. The number of thioether (sulfide) groups is 1. The molecule has 0 saturated heterocycles. The van der Waals surface area contributed by atoms with Gasteiger partial charge in [0.05, 0.1) is 5.56 Å². The van der Waals surface area contributed by atoms with Crippen molar-refractivity contribution < 1.29 is 19.4 Å². The van der Waals surface area contributed by atoms with E-state index in [1.54, 1.807) is 39.2 Å². The molecule has 0 unspecified atom stereocenters. The number of carboxylic acids is 1. The summed E-state index contributed by atoms with van der Waals surface area (Å²) in [7, 11) is 0. The first-order valence-corrected chi connectivity index (χ1v) is 6.87. The van der Waals surface area contributed by atoms with Gasteiger partial charge in [-0.05, 0) is 45.2 Å². The molecule has 19 heavy (non-hydrogen) atoms. The van der Waals surface area contributed by atoms with Crippen molar-refractivity contribution in [3.8, 4) is 0 Å². The number of carboxylic acid groups (broad SMARTS) is 1. The van der Waals surface area contributed by atoms with E-state index in [4.69, 9.17) is 9.84 Å². The van der Waals surface area contributed by atoms with Gasteiger partial charge in [-0.3, -0.25) is 5.32 Å². The summed E-state index contributed by atoms with van der Waals surface area (Å²) in [5.74, 6) is -1.03. The van der Waals surface area contributed by atoms with Gasteiger partial charge in [-0.25, -0.2) is 9.59 Å². The molecule has 0 fully saturated rings. The first-order chi connectivity index (χ1) is 8.73. The lowest BCUT2D eigenvalue weighted by atomic mass is 10.2. The van der Waals surface area contributed by atoms with E-state index in [0.717, 1.165) is 0 Å². The predicted molar refractivity (Wildman–Crippen MR) is 75.0 cm³/mol. The van der Waals surface area contributed by atoms with Crippen LogP contribution >= 0.6 is 11.8 Å². The fraction of sp³-hybridized carbons (Fsp3) is 0.385. The quantitative estimate of drug-likeness (QED) is 0.831. The summed E-state index contributed by atoms with van der Waals surface area (Å²) < 4.78 is 5.10.